The van der Waals surface area contributed by atoms with Gasteiger partial charge in [0.15, 0.2) is 5.60 Å². The highest BCUT2D eigenvalue weighted by Gasteiger charge is 2.49. The van der Waals surface area contributed by atoms with E-state index in [4.69, 9.17) is 15.3 Å². The standard InChI is InChI=1S/C6H11NO5/c8-2-6(12)4(10)3(9)1-7-5(6)11/h3-4,8-10,12H,1-2H2,(H,7,11)/t3-,4+,6+/m0/s1. The second-order valence-electron chi connectivity index (χ2n) is 2.80. The molecule has 0 saturated carbocycles. The normalized spacial score (nSPS) is 42.5. The summed E-state index contributed by atoms with van der Waals surface area (Å²) in [6.07, 6.45) is -2.89. The summed E-state index contributed by atoms with van der Waals surface area (Å²) < 4.78 is 0. The molecular formula is C6H11NO5. The highest BCUT2D eigenvalue weighted by atomic mass is 16.4. The number of hydrogen-bond donors (Lipinski definition) is 5. The molecular weight excluding hydrogens is 166 g/mol. The fourth-order valence-electron chi connectivity index (χ4n) is 1.08. The lowest BCUT2D eigenvalue weighted by molar-refractivity contribution is -0.182. The number of carbonyl (C=O) groups is 1. The van der Waals surface area contributed by atoms with Crippen LogP contribution in [0, 0.1) is 0 Å². The molecule has 0 bridgehead atoms. The number of β-amino-alcohol motifs (C(OH)–C–C–N with tert-alkyl or cyclic N) is 1. The molecule has 1 aliphatic rings. The lowest BCUT2D eigenvalue weighted by Crippen LogP contribution is -2.67. The van der Waals surface area contributed by atoms with Gasteiger partial charge in [0.05, 0.1) is 6.61 Å². The zero-order valence-corrected chi connectivity index (χ0v) is 6.27. The van der Waals surface area contributed by atoms with Crippen LogP contribution in [0.5, 0.6) is 0 Å². The first-order valence-electron chi connectivity index (χ1n) is 3.50. The molecule has 1 amide bonds. The molecule has 0 aliphatic carbocycles. The van der Waals surface area contributed by atoms with Crippen molar-refractivity contribution in [3.05, 3.63) is 0 Å². The highest BCUT2D eigenvalue weighted by molar-refractivity contribution is 5.86. The molecule has 1 aliphatic heterocycles. The van der Waals surface area contributed by atoms with Gasteiger partial charge < -0.3 is 25.7 Å². The van der Waals surface area contributed by atoms with E-state index in [1.54, 1.807) is 0 Å². The van der Waals surface area contributed by atoms with E-state index >= 15 is 0 Å². The average molecular weight is 177 g/mol. The number of aliphatic hydroxyl groups is 4. The van der Waals surface area contributed by atoms with Crippen molar-refractivity contribution in [3.8, 4) is 0 Å². The van der Waals surface area contributed by atoms with Gasteiger partial charge in [0.1, 0.15) is 12.2 Å². The van der Waals surface area contributed by atoms with Gasteiger partial charge in [-0.15, -0.1) is 0 Å². The maximum Gasteiger partial charge on any atom is 0.257 e. The third kappa shape index (κ3) is 1.18. The Bertz CT molecular complexity index is 196. The van der Waals surface area contributed by atoms with Gasteiger partial charge in [-0.2, -0.15) is 0 Å². The number of piperidine rings is 1. The number of amides is 1. The number of hydrogen-bond acceptors (Lipinski definition) is 5. The molecule has 0 aromatic carbocycles. The zero-order valence-electron chi connectivity index (χ0n) is 6.27. The van der Waals surface area contributed by atoms with Crippen LogP contribution in [0.1, 0.15) is 0 Å². The van der Waals surface area contributed by atoms with Gasteiger partial charge in [-0.05, 0) is 0 Å². The molecule has 0 aromatic rings. The van der Waals surface area contributed by atoms with Crippen molar-refractivity contribution in [2.24, 2.45) is 0 Å². The van der Waals surface area contributed by atoms with Crippen LogP contribution in [0.15, 0.2) is 0 Å². The largest absolute Gasteiger partial charge is 0.393 e. The molecule has 0 unspecified atom stereocenters. The Morgan fingerprint density at radius 2 is 2.17 bits per heavy atom. The van der Waals surface area contributed by atoms with Crippen molar-refractivity contribution < 1.29 is 25.2 Å². The highest BCUT2D eigenvalue weighted by Crippen LogP contribution is 2.17. The first-order valence-corrected chi connectivity index (χ1v) is 3.50. The third-order valence-corrected chi connectivity index (χ3v) is 1.96. The van der Waals surface area contributed by atoms with E-state index in [2.05, 4.69) is 5.32 Å². The average Bonchev–Trinajstić information content (AvgIpc) is 2.08. The number of rotatable bonds is 1. The predicted octanol–water partition coefficient (Wildman–Crippen LogP) is -3.44. The van der Waals surface area contributed by atoms with Crippen LogP contribution in [0.2, 0.25) is 0 Å². The van der Waals surface area contributed by atoms with Crippen molar-refractivity contribution in [3.63, 3.8) is 0 Å². The van der Waals surface area contributed by atoms with E-state index in [0.717, 1.165) is 0 Å². The summed E-state index contributed by atoms with van der Waals surface area (Å²) >= 11 is 0. The fourth-order valence-corrected chi connectivity index (χ4v) is 1.08. The van der Waals surface area contributed by atoms with Crippen LogP contribution in [-0.2, 0) is 4.79 Å². The van der Waals surface area contributed by atoms with Crippen LogP contribution >= 0.6 is 0 Å². The quantitative estimate of drug-likeness (QED) is 0.286. The Morgan fingerprint density at radius 3 is 2.58 bits per heavy atom. The van der Waals surface area contributed by atoms with E-state index in [1.807, 2.05) is 0 Å². The molecule has 3 atom stereocenters. The Hall–Kier alpha value is -0.690. The Morgan fingerprint density at radius 1 is 1.58 bits per heavy atom. The van der Waals surface area contributed by atoms with Gasteiger partial charge in [-0.3, -0.25) is 4.79 Å². The van der Waals surface area contributed by atoms with Gasteiger partial charge in [0, 0.05) is 6.54 Å². The second kappa shape index (κ2) is 2.98. The van der Waals surface area contributed by atoms with Crippen LogP contribution in [-0.4, -0.2) is 57.3 Å². The van der Waals surface area contributed by atoms with E-state index in [9.17, 15) is 9.90 Å². The number of aliphatic hydroxyl groups excluding tert-OH is 3. The summed E-state index contributed by atoms with van der Waals surface area (Å²) in [5.41, 5.74) is -2.28. The number of nitrogens with one attached hydrogen (secondary N) is 1. The molecule has 1 fully saturated rings. The first-order chi connectivity index (χ1) is 5.52. The summed E-state index contributed by atoms with van der Waals surface area (Å²) in [7, 11) is 0. The molecule has 1 saturated heterocycles. The van der Waals surface area contributed by atoms with Gasteiger partial charge in [-0.25, -0.2) is 0 Å². The van der Waals surface area contributed by atoms with E-state index in [-0.39, 0.29) is 6.54 Å². The third-order valence-electron chi connectivity index (χ3n) is 1.96. The number of carbonyl (C=O) groups excluding carboxylic acids is 1. The van der Waals surface area contributed by atoms with Crippen molar-refractivity contribution >= 4 is 5.91 Å². The summed E-state index contributed by atoms with van der Waals surface area (Å²) in [4.78, 5) is 10.9. The summed E-state index contributed by atoms with van der Waals surface area (Å²) in [6.45, 7) is -1.04. The zero-order chi connectivity index (χ0) is 9.35. The molecule has 12 heavy (non-hydrogen) atoms. The van der Waals surface area contributed by atoms with E-state index in [0.29, 0.717) is 0 Å². The SMILES string of the molecule is O=C1NC[C@H](O)[C@@H](O)[C@]1(O)CO. The van der Waals surface area contributed by atoms with Gasteiger partial charge >= 0.3 is 0 Å². The Balaban J connectivity index is 2.85. The molecule has 6 nitrogen and oxygen atoms in total. The maximum atomic E-state index is 10.9. The molecule has 1 heterocycles. The van der Waals surface area contributed by atoms with E-state index < -0.39 is 30.3 Å². The Labute approximate surface area is 68.4 Å². The van der Waals surface area contributed by atoms with Crippen molar-refractivity contribution in [1.29, 1.82) is 0 Å². The van der Waals surface area contributed by atoms with Crippen LogP contribution < -0.4 is 5.32 Å². The fraction of sp³-hybridized carbons (Fsp3) is 0.833. The van der Waals surface area contributed by atoms with Crippen LogP contribution in [0.3, 0.4) is 0 Å². The molecule has 70 valence electrons. The van der Waals surface area contributed by atoms with Gasteiger partial charge in [-0.1, -0.05) is 0 Å². The molecule has 6 heteroatoms. The first kappa shape index (κ1) is 9.40. The minimum Gasteiger partial charge on any atom is -0.393 e. The maximum absolute atomic E-state index is 10.9. The summed E-state index contributed by atoms with van der Waals surface area (Å²) in [5.74, 6) is -0.872. The van der Waals surface area contributed by atoms with E-state index in [1.165, 1.54) is 0 Å². The smallest absolute Gasteiger partial charge is 0.257 e. The molecule has 0 aromatic heterocycles. The minimum atomic E-state index is -2.28. The van der Waals surface area contributed by atoms with Crippen molar-refractivity contribution in [2.75, 3.05) is 13.2 Å². The molecule has 1 rings (SSSR count). The predicted molar refractivity (Wildman–Crippen MR) is 37.1 cm³/mol. The molecule has 0 spiro atoms. The molecule has 5 N–H and O–H groups in total. The second-order valence-corrected chi connectivity index (χ2v) is 2.80. The van der Waals surface area contributed by atoms with Gasteiger partial charge in [0.2, 0.25) is 0 Å². The lowest BCUT2D eigenvalue weighted by Gasteiger charge is -2.37. The Kier molecular flexibility index (Phi) is 2.34. The minimum absolute atomic E-state index is 0.123. The summed E-state index contributed by atoms with van der Waals surface area (Å²) in [5, 5.41) is 38.3. The summed E-state index contributed by atoms with van der Waals surface area (Å²) in [6, 6.07) is 0. The van der Waals surface area contributed by atoms with Crippen molar-refractivity contribution in [1.82, 2.24) is 5.32 Å². The monoisotopic (exact) mass is 177 g/mol. The van der Waals surface area contributed by atoms with Crippen LogP contribution in [0.4, 0.5) is 0 Å². The van der Waals surface area contributed by atoms with Gasteiger partial charge in [0.25, 0.3) is 5.91 Å². The topological polar surface area (TPSA) is 110 Å². The van der Waals surface area contributed by atoms with Crippen molar-refractivity contribution in [2.45, 2.75) is 17.8 Å². The lowest BCUT2D eigenvalue weighted by atomic mass is 9.89. The molecule has 0 radical (unpaired) electrons. The van der Waals surface area contributed by atoms with Crippen LogP contribution in [0.25, 0.3) is 0 Å².